The maximum Gasteiger partial charge on any atom is 0.335 e. The molecule has 0 amide bonds. The Morgan fingerprint density at radius 2 is 1.68 bits per heavy atom. The fourth-order valence-electron chi connectivity index (χ4n) is 5.95. The zero-order valence-corrected chi connectivity index (χ0v) is 22.9. The van der Waals surface area contributed by atoms with Gasteiger partial charge in [-0.15, -0.1) is 0 Å². The molecule has 2 aromatic carbocycles. The number of carbonyl (C=O) groups is 1. The number of H-pyrrole nitrogens is 1. The van der Waals surface area contributed by atoms with Gasteiger partial charge in [0.25, 0.3) is 0 Å². The number of benzene rings is 2. The third-order valence-corrected chi connectivity index (χ3v) is 8.17. The number of ether oxygens (including phenoxy) is 2. The summed E-state index contributed by atoms with van der Waals surface area (Å²) in [4.78, 5) is 26.2. The van der Waals surface area contributed by atoms with Crippen molar-refractivity contribution in [3.8, 4) is 5.75 Å². The van der Waals surface area contributed by atoms with Crippen LogP contribution in [-0.4, -0.2) is 79.8 Å². The predicted octanol–water partition coefficient (Wildman–Crippen LogP) is 1.07. The van der Waals surface area contributed by atoms with E-state index in [-0.39, 0.29) is 23.9 Å². The first-order chi connectivity index (χ1) is 19.6. The summed E-state index contributed by atoms with van der Waals surface area (Å²) in [6.45, 7) is 4.49. The van der Waals surface area contributed by atoms with E-state index in [9.17, 15) is 35.1 Å². The van der Waals surface area contributed by atoms with Gasteiger partial charge in [-0.1, -0.05) is 32.0 Å². The first kappa shape index (κ1) is 29.2. The van der Waals surface area contributed by atoms with Gasteiger partial charge in [0.15, 0.2) is 12.4 Å². The molecule has 2 heterocycles. The SMILES string of the molecule is CCc1cc2c(cc1CC)CC(NC[C@H](OC1O[C@H](C(=O)O)[C@@H](O)[C@H](O)[C@H]1O)c1ccc(O)c3[nH]c(=O)ccc13)C2. The van der Waals surface area contributed by atoms with Gasteiger partial charge in [0, 0.05) is 24.0 Å². The van der Waals surface area contributed by atoms with E-state index < -0.39 is 48.3 Å². The Morgan fingerprint density at radius 3 is 2.29 bits per heavy atom. The highest BCUT2D eigenvalue weighted by Crippen LogP contribution is 2.34. The van der Waals surface area contributed by atoms with Gasteiger partial charge >= 0.3 is 5.97 Å². The van der Waals surface area contributed by atoms with Gasteiger partial charge in [-0.05, 0) is 65.6 Å². The Labute approximate surface area is 236 Å². The Balaban J connectivity index is 1.44. The smallest absolute Gasteiger partial charge is 0.335 e. The van der Waals surface area contributed by atoms with Crippen molar-refractivity contribution in [3.63, 3.8) is 0 Å². The molecule has 11 heteroatoms. The van der Waals surface area contributed by atoms with Gasteiger partial charge < -0.3 is 45.3 Å². The van der Waals surface area contributed by atoms with Crippen molar-refractivity contribution in [1.29, 1.82) is 0 Å². The fraction of sp³-hybridized carbons (Fsp3) is 0.467. The van der Waals surface area contributed by atoms with E-state index in [0.29, 0.717) is 10.9 Å². The lowest BCUT2D eigenvalue weighted by Crippen LogP contribution is -2.60. The van der Waals surface area contributed by atoms with Gasteiger partial charge in [0.1, 0.15) is 24.1 Å². The number of nitrogens with one attached hydrogen (secondary N) is 2. The fourth-order valence-corrected chi connectivity index (χ4v) is 5.95. The molecule has 3 aromatic rings. The highest BCUT2D eigenvalue weighted by Gasteiger charge is 2.48. The molecular weight excluding hydrogens is 532 g/mol. The molecule has 2 aliphatic rings. The van der Waals surface area contributed by atoms with Gasteiger partial charge in [-0.3, -0.25) is 4.79 Å². The lowest BCUT2D eigenvalue weighted by atomic mass is 9.97. The zero-order chi connectivity index (χ0) is 29.4. The van der Waals surface area contributed by atoms with Gasteiger partial charge in [-0.2, -0.15) is 0 Å². The van der Waals surface area contributed by atoms with E-state index in [0.717, 1.165) is 25.7 Å². The van der Waals surface area contributed by atoms with Crippen LogP contribution in [0, 0.1) is 0 Å². The monoisotopic (exact) mass is 568 g/mol. The van der Waals surface area contributed by atoms with Crippen molar-refractivity contribution in [2.24, 2.45) is 0 Å². The number of rotatable bonds is 9. The van der Waals surface area contributed by atoms with Crippen molar-refractivity contribution in [2.75, 3.05) is 6.54 Å². The van der Waals surface area contributed by atoms with Crippen LogP contribution < -0.4 is 10.9 Å². The van der Waals surface area contributed by atoms with Crippen LogP contribution in [0.15, 0.2) is 41.2 Å². The maximum absolute atomic E-state index is 12.0. The number of aliphatic hydroxyl groups excluding tert-OH is 3. The number of phenolic OH excluding ortho intramolecular Hbond substituents is 1. The number of carboxylic acid groups (broad SMARTS) is 1. The number of aryl methyl sites for hydroxylation is 2. The molecular formula is C30H36N2O9. The number of fused-ring (bicyclic) bond motifs is 2. The summed E-state index contributed by atoms with van der Waals surface area (Å²) in [5.74, 6) is -1.66. The Bertz CT molecular complexity index is 1460. The normalized spacial score (nSPS) is 25.3. The Kier molecular flexibility index (Phi) is 8.46. The number of aromatic nitrogens is 1. The van der Waals surface area contributed by atoms with Crippen molar-refractivity contribution in [1.82, 2.24) is 10.3 Å². The number of aromatic hydroxyl groups is 1. The van der Waals surface area contributed by atoms with Crippen LogP contribution in [0.25, 0.3) is 10.9 Å². The Hall–Kier alpha value is -3.32. The minimum Gasteiger partial charge on any atom is -0.506 e. The largest absolute Gasteiger partial charge is 0.506 e. The molecule has 0 spiro atoms. The lowest BCUT2D eigenvalue weighted by Gasteiger charge is -2.40. The summed E-state index contributed by atoms with van der Waals surface area (Å²) >= 11 is 0. The topological polar surface area (TPSA) is 182 Å². The van der Waals surface area contributed by atoms with Gasteiger partial charge in [-0.25, -0.2) is 4.79 Å². The van der Waals surface area contributed by atoms with Crippen LogP contribution in [0.5, 0.6) is 5.75 Å². The molecule has 0 saturated carbocycles. The molecule has 1 unspecified atom stereocenters. The average Bonchev–Trinajstić information content (AvgIpc) is 3.36. The van der Waals surface area contributed by atoms with E-state index in [2.05, 4.69) is 36.3 Å². The van der Waals surface area contributed by atoms with Crippen molar-refractivity contribution >= 4 is 16.9 Å². The standard InChI is InChI=1S/C30H36N2O9/c1-3-14-9-16-11-18(12-17(16)10-15(14)4-2)31-13-22(19-5-7-21(33)24-20(19)6-8-23(34)32-24)40-30-27(37)25(35)26(36)28(41-30)29(38)39/h5-10,18,22,25-28,30-31,33,35-37H,3-4,11-13H2,1-2H3,(H,32,34)(H,38,39)/t22-,25-,26-,27+,28-,30?/m0/s1. The first-order valence-corrected chi connectivity index (χ1v) is 13.9. The lowest BCUT2D eigenvalue weighted by molar-refractivity contribution is -0.305. The molecule has 1 aliphatic heterocycles. The van der Waals surface area contributed by atoms with Crippen LogP contribution in [0.1, 0.15) is 47.8 Å². The van der Waals surface area contributed by atoms with E-state index in [1.807, 2.05) is 0 Å². The molecule has 41 heavy (non-hydrogen) atoms. The number of hydrogen-bond donors (Lipinski definition) is 7. The van der Waals surface area contributed by atoms with E-state index in [1.54, 1.807) is 12.1 Å². The van der Waals surface area contributed by atoms with Gasteiger partial charge in [0.2, 0.25) is 5.56 Å². The van der Waals surface area contributed by atoms with E-state index >= 15 is 0 Å². The molecule has 1 aliphatic carbocycles. The number of hydrogen-bond acceptors (Lipinski definition) is 9. The van der Waals surface area contributed by atoms with Crippen molar-refractivity contribution in [3.05, 3.63) is 74.6 Å². The van der Waals surface area contributed by atoms with Crippen LogP contribution >= 0.6 is 0 Å². The number of phenols is 1. The van der Waals surface area contributed by atoms with Gasteiger partial charge in [0.05, 0.1) is 11.6 Å². The minimum absolute atomic E-state index is 0.0764. The number of aliphatic hydroxyl groups is 3. The second-order valence-corrected chi connectivity index (χ2v) is 10.8. The van der Waals surface area contributed by atoms with Crippen molar-refractivity contribution in [2.45, 2.75) is 82.4 Å². The molecule has 11 nitrogen and oxygen atoms in total. The Morgan fingerprint density at radius 1 is 1.02 bits per heavy atom. The molecule has 220 valence electrons. The molecule has 1 saturated heterocycles. The molecule has 6 atom stereocenters. The first-order valence-electron chi connectivity index (χ1n) is 13.9. The molecule has 0 bridgehead atoms. The number of aliphatic carboxylic acids is 1. The summed E-state index contributed by atoms with van der Waals surface area (Å²) in [6.07, 6.45) is -6.15. The summed E-state index contributed by atoms with van der Waals surface area (Å²) in [6, 6.07) is 10.5. The molecule has 0 radical (unpaired) electrons. The highest BCUT2D eigenvalue weighted by molar-refractivity contribution is 5.87. The number of pyridine rings is 1. The third-order valence-electron chi connectivity index (χ3n) is 8.17. The molecule has 5 rings (SSSR count). The van der Waals surface area contributed by atoms with E-state index in [4.69, 9.17) is 9.47 Å². The van der Waals surface area contributed by atoms with Crippen LogP contribution in [-0.2, 0) is 40.0 Å². The van der Waals surface area contributed by atoms with Crippen LogP contribution in [0.2, 0.25) is 0 Å². The second-order valence-electron chi connectivity index (χ2n) is 10.8. The summed E-state index contributed by atoms with van der Waals surface area (Å²) in [7, 11) is 0. The highest BCUT2D eigenvalue weighted by atomic mass is 16.7. The number of carboxylic acids is 1. The van der Waals surface area contributed by atoms with E-state index in [1.165, 1.54) is 34.4 Å². The average molecular weight is 569 g/mol. The van der Waals surface area contributed by atoms with Crippen molar-refractivity contribution < 1.29 is 39.8 Å². The van der Waals surface area contributed by atoms with Crippen LogP contribution in [0.3, 0.4) is 0 Å². The molecule has 1 aromatic heterocycles. The molecule has 7 N–H and O–H groups in total. The quantitative estimate of drug-likeness (QED) is 0.197. The third kappa shape index (κ3) is 5.74. The summed E-state index contributed by atoms with van der Waals surface area (Å²) in [5, 5.41) is 55.0. The molecule has 1 fully saturated rings. The second kappa shape index (κ2) is 11.9. The predicted molar refractivity (Wildman–Crippen MR) is 149 cm³/mol. The minimum atomic E-state index is -1.85. The van der Waals surface area contributed by atoms with Crippen LogP contribution in [0.4, 0.5) is 0 Å². The maximum atomic E-state index is 12.0. The zero-order valence-electron chi connectivity index (χ0n) is 22.9. The summed E-state index contributed by atoms with van der Waals surface area (Å²) in [5.41, 5.74) is 5.57. The number of aromatic amines is 1. The summed E-state index contributed by atoms with van der Waals surface area (Å²) < 4.78 is 11.5.